The molecule has 0 spiro atoms. The van der Waals surface area contributed by atoms with Crippen LogP contribution in [0.4, 0.5) is 4.79 Å². The Morgan fingerprint density at radius 3 is 2.77 bits per heavy atom. The van der Waals surface area contributed by atoms with Gasteiger partial charge in [-0.3, -0.25) is 0 Å². The number of carbonyl (C=O) groups excluding carboxylic acids is 1. The van der Waals surface area contributed by atoms with Crippen LogP contribution < -0.4 is 0 Å². The molecule has 6 nitrogen and oxygen atoms in total. The van der Waals surface area contributed by atoms with Crippen LogP contribution >= 0.6 is 0 Å². The number of fused-ring (bicyclic) bond motifs is 2. The SMILES string of the molecule is CCOC(=O)N1CCC(=C2c3cccc(C)c3CCn3ncnc32)CC1. The van der Waals surface area contributed by atoms with E-state index < -0.39 is 0 Å². The highest BCUT2D eigenvalue weighted by Gasteiger charge is 2.27. The molecule has 6 heteroatoms. The van der Waals surface area contributed by atoms with Crippen molar-refractivity contribution in [1.82, 2.24) is 19.7 Å². The Balaban J connectivity index is 1.74. The van der Waals surface area contributed by atoms with Gasteiger partial charge in [-0.25, -0.2) is 14.5 Å². The zero-order valence-corrected chi connectivity index (χ0v) is 15.4. The molecule has 0 saturated carbocycles. The van der Waals surface area contributed by atoms with Crippen LogP contribution in [-0.2, 0) is 17.7 Å². The number of aromatic nitrogens is 3. The Bertz CT molecular complexity index is 858. The number of aryl methyl sites for hydroxylation is 2. The van der Waals surface area contributed by atoms with Gasteiger partial charge in [0.1, 0.15) is 6.33 Å². The number of ether oxygens (including phenoxy) is 1. The van der Waals surface area contributed by atoms with E-state index in [0.29, 0.717) is 19.7 Å². The van der Waals surface area contributed by atoms with Crippen molar-refractivity contribution >= 4 is 11.7 Å². The van der Waals surface area contributed by atoms with Crippen LogP contribution in [0.15, 0.2) is 30.1 Å². The van der Waals surface area contributed by atoms with E-state index in [9.17, 15) is 4.79 Å². The van der Waals surface area contributed by atoms with Gasteiger partial charge in [-0.05, 0) is 49.8 Å². The molecule has 2 aromatic rings. The van der Waals surface area contributed by atoms with Crippen molar-refractivity contribution in [2.45, 2.75) is 39.7 Å². The highest BCUT2D eigenvalue weighted by molar-refractivity contribution is 5.82. The van der Waals surface area contributed by atoms with E-state index in [4.69, 9.17) is 4.74 Å². The second kappa shape index (κ2) is 6.94. The second-order valence-corrected chi connectivity index (χ2v) is 6.82. The summed E-state index contributed by atoms with van der Waals surface area (Å²) >= 11 is 0. The molecule has 1 fully saturated rings. The van der Waals surface area contributed by atoms with Crippen LogP contribution in [0.3, 0.4) is 0 Å². The summed E-state index contributed by atoms with van der Waals surface area (Å²) in [6.45, 7) is 6.65. The summed E-state index contributed by atoms with van der Waals surface area (Å²) in [5, 5.41) is 4.43. The largest absolute Gasteiger partial charge is 0.450 e. The van der Waals surface area contributed by atoms with E-state index in [2.05, 4.69) is 35.2 Å². The summed E-state index contributed by atoms with van der Waals surface area (Å²) < 4.78 is 7.16. The molecular weight excluding hydrogens is 328 g/mol. The average Bonchev–Trinajstić information content (AvgIpc) is 3.04. The molecule has 136 valence electrons. The third-order valence-corrected chi connectivity index (χ3v) is 5.34. The number of piperidine rings is 1. The van der Waals surface area contributed by atoms with E-state index in [0.717, 1.165) is 31.6 Å². The van der Waals surface area contributed by atoms with E-state index >= 15 is 0 Å². The van der Waals surface area contributed by atoms with E-state index in [1.807, 2.05) is 11.6 Å². The van der Waals surface area contributed by atoms with Gasteiger partial charge in [0.25, 0.3) is 0 Å². The molecule has 4 rings (SSSR count). The van der Waals surface area contributed by atoms with E-state index in [1.165, 1.54) is 27.8 Å². The molecule has 3 heterocycles. The minimum Gasteiger partial charge on any atom is -0.450 e. The monoisotopic (exact) mass is 352 g/mol. The van der Waals surface area contributed by atoms with Crippen LogP contribution in [0.2, 0.25) is 0 Å². The lowest BCUT2D eigenvalue weighted by atomic mass is 9.88. The van der Waals surface area contributed by atoms with Gasteiger partial charge in [-0.15, -0.1) is 0 Å². The second-order valence-electron chi connectivity index (χ2n) is 6.82. The van der Waals surface area contributed by atoms with Crippen molar-refractivity contribution in [2.75, 3.05) is 19.7 Å². The van der Waals surface area contributed by atoms with Crippen LogP contribution in [0.1, 0.15) is 42.3 Å². The number of amides is 1. The number of hydrogen-bond acceptors (Lipinski definition) is 4. The highest BCUT2D eigenvalue weighted by atomic mass is 16.6. The van der Waals surface area contributed by atoms with Crippen molar-refractivity contribution in [3.63, 3.8) is 0 Å². The molecule has 0 unspecified atom stereocenters. The van der Waals surface area contributed by atoms with Crippen LogP contribution in [0.5, 0.6) is 0 Å². The number of rotatable bonds is 1. The Morgan fingerprint density at radius 2 is 2.00 bits per heavy atom. The van der Waals surface area contributed by atoms with Crippen molar-refractivity contribution in [3.05, 3.63) is 52.6 Å². The summed E-state index contributed by atoms with van der Waals surface area (Å²) in [5.41, 5.74) is 6.54. The number of nitrogens with zero attached hydrogens (tertiary/aromatic N) is 4. The van der Waals surface area contributed by atoms with Crippen LogP contribution in [0.25, 0.3) is 5.57 Å². The Labute approximate surface area is 153 Å². The van der Waals surface area contributed by atoms with Crippen molar-refractivity contribution in [1.29, 1.82) is 0 Å². The molecule has 1 aromatic carbocycles. The molecule has 26 heavy (non-hydrogen) atoms. The van der Waals surface area contributed by atoms with Crippen molar-refractivity contribution < 1.29 is 9.53 Å². The van der Waals surface area contributed by atoms with Crippen LogP contribution in [-0.4, -0.2) is 45.5 Å². The summed E-state index contributed by atoms with van der Waals surface area (Å²) in [7, 11) is 0. The fourth-order valence-corrected chi connectivity index (χ4v) is 4.00. The fraction of sp³-hybridized carbons (Fsp3) is 0.450. The van der Waals surface area contributed by atoms with Gasteiger partial charge in [0.15, 0.2) is 5.82 Å². The first-order valence-corrected chi connectivity index (χ1v) is 9.29. The average molecular weight is 352 g/mol. The lowest BCUT2D eigenvalue weighted by Gasteiger charge is -2.29. The lowest BCUT2D eigenvalue weighted by Crippen LogP contribution is -2.37. The molecule has 0 N–H and O–H groups in total. The molecule has 1 amide bonds. The van der Waals surface area contributed by atoms with Gasteiger partial charge in [0.05, 0.1) is 6.61 Å². The molecule has 0 bridgehead atoms. The predicted molar refractivity (Wildman–Crippen MR) is 98.8 cm³/mol. The zero-order valence-electron chi connectivity index (χ0n) is 15.4. The molecule has 1 aromatic heterocycles. The Morgan fingerprint density at radius 1 is 1.19 bits per heavy atom. The van der Waals surface area contributed by atoms with Gasteiger partial charge in [-0.2, -0.15) is 5.10 Å². The smallest absolute Gasteiger partial charge is 0.409 e. The van der Waals surface area contributed by atoms with Crippen LogP contribution in [0, 0.1) is 6.92 Å². The summed E-state index contributed by atoms with van der Waals surface area (Å²) in [5.74, 6) is 0.953. The third-order valence-electron chi connectivity index (χ3n) is 5.34. The maximum absolute atomic E-state index is 12.0. The first-order chi connectivity index (χ1) is 12.7. The molecule has 0 radical (unpaired) electrons. The fourth-order valence-electron chi connectivity index (χ4n) is 4.00. The van der Waals surface area contributed by atoms with E-state index in [1.54, 1.807) is 11.2 Å². The van der Waals surface area contributed by atoms with Crippen molar-refractivity contribution in [2.24, 2.45) is 0 Å². The maximum atomic E-state index is 12.0. The van der Waals surface area contributed by atoms with Gasteiger partial charge in [0.2, 0.25) is 0 Å². The number of carbonyl (C=O) groups is 1. The third kappa shape index (κ3) is 2.89. The van der Waals surface area contributed by atoms with Gasteiger partial charge < -0.3 is 9.64 Å². The number of hydrogen-bond donors (Lipinski definition) is 0. The lowest BCUT2D eigenvalue weighted by molar-refractivity contribution is 0.104. The van der Waals surface area contributed by atoms with Gasteiger partial charge >= 0.3 is 6.09 Å². The first-order valence-electron chi connectivity index (χ1n) is 9.29. The minimum atomic E-state index is -0.211. The quantitative estimate of drug-likeness (QED) is 0.791. The van der Waals surface area contributed by atoms with Gasteiger partial charge in [0, 0.05) is 25.2 Å². The number of likely N-dealkylation sites (tertiary alicyclic amines) is 1. The summed E-state index contributed by atoms with van der Waals surface area (Å²) in [6, 6.07) is 6.49. The molecule has 1 saturated heterocycles. The summed E-state index contributed by atoms with van der Waals surface area (Å²) in [6.07, 6.45) is 4.08. The molecule has 0 aliphatic carbocycles. The minimum absolute atomic E-state index is 0.211. The number of benzene rings is 1. The first kappa shape index (κ1) is 16.8. The molecular formula is C20H24N4O2. The molecule has 0 atom stereocenters. The maximum Gasteiger partial charge on any atom is 0.409 e. The zero-order chi connectivity index (χ0) is 18.1. The van der Waals surface area contributed by atoms with E-state index in [-0.39, 0.29) is 6.09 Å². The predicted octanol–water partition coefficient (Wildman–Crippen LogP) is 3.20. The Kier molecular flexibility index (Phi) is 4.49. The highest BCUT2D eigenvalue weighted by Crippen LogP contribution is 2.36. The molecule has 2 aliphatic rings. The molecule has 2 aliphatic heterocycles. The summed E-state index contributed by atoms with van der Waals surface area (Å²) in [4.78, 5) is 18.4. The van der Waals surface area contributed by atoms with Crippen molar-refractivity contribution in [3.8, 4) is 0 Å². The normalized spacial score (nSPS) is 16.8. The Hall–Kier alpha value is -2.63. The topological polar surface area (TPSA) is 60.2 Å². The standard InChI is InChI=1S/C20H24N4O2/c1-3-26-20(25)23-10-7-15(8-11-23)18-17-6-4-5-14(2)16(17)9-12-24-19(18)21-13-22-24/h4-6,13H,3,7-12H2,1-2H3. The van der Waals surface area contributed by atoms with Gasteiger partial charge in [-0.1, -0.05) is 23.8 Å².